The molecule has 0 atom stereocenters. The summed E-state index contributed by atoms with van der Waals surface area (Å²) < 4.78 is 0.765. The highest BCUT2D eigenvalue weighted by molar-refractivity contribution is 9.10. The van der Waals surface area contributed by atoms with Gasteiger partial charge in [0, 0.05) is 23.4 Å². The summed E-state index contributed by atoms with van der Waals surface area (Å²) in [6.07, 6.45) is 0.859. The van der Waals surface area contributed by atoms with Crippen LogP contribution in [0.15, 0.2) is 22.7 Å². The number of aromatic hydroxyl groups is 1. The summed E-state index contributed by atoms with van der Waals surface area (Å²) >= 11 is 8.95. The first-order valence-electron chi connectivity index (χ1n) is 5.44. The normalized spacial score (nSPS) is 10.3. The van der Waals surface area contributed by atoms with Crippen LogP contribution in [-0.4, -0.2) is 34.9 Å². The molecule has 0 radical (unpaired) electrons. The van der Waals surface area contributed by atoms with Gasteiger partial charge in [-0.3, -0.25) is 4.79 Å². The minimum atomic E-state index is -0.189. The maximum atomic E-state index is 12.2. The molecule has 0 aliphatic carbocycles. The molecule has 0 aliphatic heterocycles. The third-order valence-electron chi connectivity index (χ3n) is 2.32. The zero-order valence-electron chi connectivity index (χ0n) is 9.62. The Labute approximate surface area is 115 Å². The van der Waals surface area contributed by atoms with Gasteiger partial charge in [-0.2, -0.15) is 0 Å². The Morgan fingerprint density at radius 1 is 1.47 bits per heavy atom. The van der Waals surface area contributed by atoms with Crippen molar-refractivity contribution in [1.29, 1.82) is 0 Å². The molecule has 0 heterocycles. The molecule has 0 saturated carbocycles. The SMILES string of the molecule is CCCN(CCCl)C(=O)c1cc(Br)ccc1O. The molecule has 0 aliphatic rings. The van der Waals surface area contributed by atoms with Gasteiger partial charge in [0.25, 0.3) is 5.91 Å². The Balaban J connectivity index is 2.95. The molecule has 1 aromatic carbocycles. The number of benzene rings is 1. The molecule has 94 valence electrons. The minimum absolute atomic E-state index is 0.00567. The van der Waals surface area contributed by atoms with Gasteiger partial charge in [0.15, 0.2) is 0 Å². The number of halogens is 2. The van der Waals surface area contributed by atoms with Crippen molar-refractivity contribution >= 4 is 33.4 Å². The summed E-state index contributed by atoms with van der Waals surface area (Å²) in [4.78, 5) is 13.8. The predicted octanol–water partition coefficient (Wildman–Crippen LogP) is 3.25. The lowest BCUT2D eigenvalue weighted by Crippen LogP contribution is -2.33. The maximum Gasteiger partial charge on any atom is 0.257 e. The molecule has 1 amide bonds. The lowest BCUT2D eigenvalue weighted by molar-refractivity contribution is 0.0762. The smallest absolute Gasteiger partial charge is 0.257 e. The first-order valence-corrected chi connectivity index (χ1v) is 6.76. The summed E-state index contributed by atoms with van der Waals surface area (Å²) in [6, 6.07) is 4.81. The Bertz CT molecular complexity index is 392. The van der Waals surface area contributed by atoms with Gasteiger partial charge in [-0.1, -0.05) is 22.9 Å². The number of phenolic OH excluding ortho intramolecular Hbond substituents is 1. The van der Waals surface area contributed by atoms with Crippen LogP contribution in [0.5, 0.6) is 5.75 Å². The standard InChI is InChI=1S/C12H15BrClNO2/c1-2-6-15(7-5-14)12(17)10-8-9(13)3-4-11(10)16/h3-4,8,16H,2,5-7H2,1H3. The lowest BCUT2D eigenvalue weighted by Gasteiger charge is -2.21. The second-order valence-electron chi connectivity index (χ2n) is 3.64. The molecule has 0 spiro atoms. The molecule has 3 nitrogen and oxygen atoms in total. The number of phenols is 1. The highest BCUT2D eigenvalue weighted by atomic mass is 79.9. The Hall–Kier alpha value is -0.740. The van der Waals surface area contributed by atoms with E-state index in [1.807, 2.05) is 6.92 Å². The van der Waals surface area contributed by atoms with Gasteiger partial charge >= 0.3 is 0 Å². The Kier molecular flexibility index (Phi) is 5.78. The van der Waals surface area contributed by atoms with E-state index in [9.17, 15) is 9.90 Å². The highest BCUT2D eigenvalue weighted by Crippen LogP contribution is 2.23. The van der Waals surface area contributed by atoms with Gasteiger partial charge in [-0.25, -0.2) is 0 Å². The molecule has 0 fully saturated rings. The third kappa shape index (κ3) is 3.89. The molecule has 0 unspecified atom stereocenters. The van der Waals surface area contributed by atoms with E-state index >= 15 is 0 Å². The molecular formula is C12H15BrClNO2. The Morgan fingerprint density at radius 2 is 2.18 bits per heavy atom. The number of hydrogen-bond acceptors (Lipinski definition) is 2. The lowest BCUT2D eigenvalue weighted by atomic mass is 10.1. The maximum absolute atomic E-state index is 12.2. The largest absolute Gasteiger partial charge is 0.507 e. The van der Waals surface area contributed by atoms with E-state index in [4.69, 9.17) is 11.6 Å². The van der Waals surface area contributed by atoms with Crippen LogP contribution in [0.4, 0.5) is 0 Å². The zero-order valence-corrected chi connectivity index (χ0v) is 12.0. The van der Waals surface area contributed by atoms with Crippen LogP contribution in [0.1, 0.15) is 23.7 Å². The van der Waals surface area contributed by atoms with E-state index < -0.39 is 0 Å². The van der Waals surface area contributed by atoms with Crippen molar-refractivity contribution in [1.82, 2.24) is 4.90 Å². The van der Waals surface area contributed by atoms with Gasteiger partial charge in [0.1, 0.15) is 5.75 Å². The van der Waals surface area contributed by atoms with Gasteiger partial charge in [-0.05, 0) is 24.6 Å². The summed E-state index contributed by atoms with van der Waals surface area (Å²) in [5.74, 6) is 0.195. The molecular weight excluding hydrogens is 305 g/mol. The monoisotopic (exact) mass is 319 g/mol. The fourth-order valence-electron chi connectivity index (χ4n) is 1.54. The zero-order chi connectivity index (χ0) is 12.8. The number of amides is 1. The number of carbonyl (C=O) groups excluding carboxylic acids is 1. The van der Waals surface area contributed by atoms with Crippen LogP contribution in [-0.2, 0) is 0 Å². The molecule has 1 rings (SSSR count). The summed E-state index contributed by atoms with van der Waals surface area (Å²) in [5.41, 5.74) is 0.304. The number of rotatable bonds is 5. The molecule has 5 heteroatoms. The van der Waals surface area contributed by atoms with E-state index in [1.54, 1.807) is 17.0 Å². The van der Waals surface area contributed by atoms with E-state index in [0.29, 0.717) is 24.5 Å². The van der Waals surface area contributed by atoms with Gasteiger partial charge < -0.3 is 10.0 Å². The van der Waals surface area contributed by atoms with Crippen LogP contribution < -0.4 is 0 Å². The fraction of sp³-hybridized carbons (Fsp3) is 0.417. The molecule has 0 saturated heterocycles. The predicted molar refractivity (Wildman–Crippen MR) is 72.7 cm³/mol. The Morgan fingerprint density at radius 3 is 2.76 bits per heavy atom. The van der Waals surface area contributed by atoms with Gasteiger partial charge in [0.05, 0.1) is 5.56 Å². The average Bonchev–Trinajstić information content (AvgIpc) is 2.31. The summed E-state index contributed by atoms with van der Waals surface area (Å²) in [7, 11) is 0. The molecule has 0 bridgehead atoms. The van der Waals surface area contributed by atoms with Crippen LogP contribution in [0.2, 0.25) is 0 Å². The summed E-state index contributed by atoms with van der Waals surface area (Å²) in [6.45, 7) is 3.12. The number of alkyl halides is 1. The van der Waals surface area contributed by atoms with Gasteiger partial charge in [0.2, 0.25) is 0 Å². The second kappa shape index (κ2) is 6.87. The quantitative estimate of drug-likeness (QED) is 0.846. The first kappa shape index (κ1) is 14.3. The summed E-state index contributed by atoms with van der Waals surface area (Å²) in [5, 5.41) is 9.69. The van der Waals surface area contributed by atoms with Crippen LogP contribution in [0, 0.1) is 0 Å². The molecule has 17 heavy (non-hydrogen) atoms. The van der Waals surface area contributed by atoms with Gasteiger partial charge in [-0.15, -0.1) is 11.6 Å². The number of hydrogen-bond donors (Lipinski definition) is 1. The van der Waals surface area contributed by atoms with Crippen molar-refractivity contribution in [2.24, 2.45) is 0 Å². The number of carbonyl (C=O) groups is 1. The molecule has 1 N–H and O–H groups in total. The first-order chi connectivity index (χ1) is 8.10. The highest BCUT2D eigenvalue weighted by Gasteiger charge is 2.18. The fourth-order valence-corrected chi connectivity index (χ4v) is 2.10. The van der Waals surface area contributed by atoms with Crippen molar-refractivity contribution in [3.63, 3.8) is 0 Å². The molecule has 0 aromatic heterocycles. The van der Waals surface area contributed by atoms with E-state index in [0.717, 1.165) is 10.9 Å². The van der Waals surface area contributed by atoms with Crippen molar-refractivity contribution in [2.45, 2.75) is 13.3 Å². The average molecular weight is 321 g/mol. The van der Waals surface area contributed by atoms with E-state index in [2.05, 4.69) is 15.9 Å². The van der Waals surface area contributed by atoms with Crippen LogP contribution >= 0.6 is 27.5 Å². The third-order valence-corrected chi connectivity index (χ3v) is 2.99. The van der Waals surface area contributed by atoms with Crippen molar-refractivity contribution in [3.05, 3.63) is 28.2 Å². The number of nitrogens with zero attached hydrogens (tertiary/aromatic N) is 1. The molecule has 1 aromatic rings. The topological polar surface area (TPSA) is 40.5 Å². The van der Waals surface area contributed by atoms with E-state index in [-0.39, 0.29) is 11.7 Å². The van der Waals surface area contributed by atoms with E-state index in [1.165, 1.54) is 6.07 Å². The van der Waals surface area contributed by atoms with Crippen molar-refractivity contribution in [2.75, 3.05) is 19.0 Å². The second-order valence-corrected chi connectivity index (χ2v) is 4.94. The van der Waals surface area contributed by atoms with Crippen LogP contribution in [0.3, 0.4) is 0 Å². The van der Waals surface area contributed by atoms with Crippen molar-refractivity contribution in [3.8, 4) is 5.75 Å². The van der Waals surface area contributed by atoms with Crippen molar-refractivity contribution < 1.29 is 9.90 Å². The minimum Gasteiger partial charge on any atom is -0.507 e. The van der Waals surface area contributed by atoms with Crippen LogP contribution in [0.25, 0.3) is 0 Å².